The molecule has 0 aliphatic rings. The molecule has 0 rings (SSSR count). The molecule has 0 bridgehead atoms. The van der Waals surface area contributed by atoms with E-state index >= 15 is 0 Å². The average Bonchev–Trinajstić information content (AvgIpc) is 2.14. The van der Waals surface area contributed by atoms with Crippen molar-refractivity contribution in [1.29, 1.82) is 0 Å². The van der Waals surface area contributed by atoms with Crippen LogP contribution in [0.2, 0.25) is 0 Å². The summed E-state index contributed by atoms with van der Waals surface area (Å²) in [4.78, 5) is 13.2. The molecule has 4 heteroatoms. The summed E-state index contributed by atoms with van der Waals surface area (Å²) in [5.41, 5.74) is 0. The largest absolute Gasteiger partial charge is 0.393 e. The summed E-state index contributed by atoms with van der Waals surface area (Å²) in [5, 5.41) is 12.1. The molecule has 4 nitrogen and oxygen atoms in total. The Balaban J connectivity index is 3.54. The Labute approximate surface area is 86.3 Å². The lowest BCUT2D eigenvalue weighted by Gasteiger charge is -2.17. The number of nitrogens with one attached hydrogen (secondary N) is 1. The first-order valence-corrected chi connectivity index (χ1v) is 5.14. The lowest BCUT2D eigenvalue weighted by Crippen LogP contribution is -2.29. The minimum absolute atomic E-state index is 0.113. The van der Waals surface area contributed by atoms with Crippen LogP contribution in [-0.4, -0.2) is 49.2 Å². The van der Waals surface area contributed by atoms with Gasteiger partial charge >= 0.3 is 0 Å². The molecule has 0 aliphatic heterocycles. The molecule has 1 amide bonds. The summed E-state index contributed by atoms with van der Waals surface area (Å²) in [7, 11) is 3.70. The van der Waals surface area contributed by atoms with E-state index in [4.69, 9.17) is 5.11 Å². The number of aliphatic hydroxyl groups is 1. The fourth-order valence-corrected chi connectivity index (χ4v) is 1.14. The first kappa shape index (κ1) is 13.4. The van der Waals surface area contributed by atoms with Crippen molar-refractivity contribution in [2.24, 2.45) is 0 Å². The normalized spacial score (nSPS) is 12.6. The highest BCUT2D eigenvalue weighted by Crippen LogP contribution is 2.00. The third-order valence-corrected chi connectivity index (χ3v) is 2.12. The zero-order chi connectivity index (χ0) is 11.0. The fourth-order valence-electron chi connectivity index (χ4n) is 1.14. The molecule has 1 atom stereocenters. The molecule has 84 valence electrons. The van der Waals surface area contributed by atoms with Crippen LogP contribution in [-0.2, 0) is 4.79 Å². The Morgan fingerprint density at radius 1 is 1.57 bits per heavy atom. The van der Waals surface area contributed by atoms with E-state index in [2.05, 4.69) is 5.32 Å². The second-order valence-corrected chi connectivity index (χ2v) is 3.66. The van der Waals surface area contributed by atoms with Crippen molar-refractivity contribution in [3.63, 3.8) is 0 Å². The van der Waals surface area contributed by atoms with Crippen molar-refractivity contribution >= 4 is 5.91 Å². The van der Waals surface area contributed by atoms with E-state index in [0.29, 0.717) is 12.8 Å². The quantitative estimate of drug-likeness (QED) is 0.580. The molecule has 0 saturated heterocycles. The molecule has 0 spiro atoms. The smallest absolute Gasteiger partial charge is 0.222 e. The Morgan fingerprint density at radius 2 is 2.21 bits per heavy atom. The van der Waals surface area contributed by atoms with Gasteiger partial charge in [-0.1, -0.05) is 0 Å². The Hall–Kier alpha value is -0.610. The predicted molar refractivity (Wildman–Crippen MR) is 57.1 cm³/mol. The van der Waals surface area contributed by atoms with Crippen molar-refractivity contribution < 1.29 is 9.90 Å². The van der Waals surface area contributed by atoms with E-state index in [0.717, 1.165) is 19.5 Å². The molecular weight excluding hydrogens is 180 g/mol. The van der Waals surface area contributed by atoms with Crippen molar-refractivity contribution in [3.8, 4) is 0 Å². The third-order valence-electron chi connectivity index (χ3n) is 2.12. The van der Waals surface area contributed by atoms with Gasteiger partial charge in [0.15, 0.2) is 0 Å². The maximum Gasteiger partial charge on any atom is 0.222 e. The minimum atomic E-state index is -0.385. The number of aliphatic hydroxyl groups excluding tert-OH is 1. The van der Waals surface area contributed by atoms with Gasteiger partial charge in [-0.25, -0.2) is 0 Å². The van der Waals surface area contributed by atoms with E-state index < -0.39 is 0 Å². The summed E-state index contributed by atoms with van der Waals surface area (Å²) in [6, 6.07) is 0. The van der Waals surface area contributed by atoms with Crippen LogP contribution in [0.5, 0.6) is 0 Å². The Morgan fingerprint density at radius 3 is 2.71 bits per heavy atom. The van der Waals surface area contributed by atoms with E-state index in [1.807, 2.05) is 7.05 Å². The maximum absolute atomic E-state index is 11.4. The van der Waals surface area contributed by atoms with Gasteiger partial charge in [0.2, 0.25) is 5.91 Å². The molecule has 0 fully saturated rings. The van der Waals surface area contributed by atoms with Gasteiger partial charge in [-0.3, -0.25) is 4.79 Å². The molecule has 0 saturated carbocycles. The van der Waals surface area contributed by atoms with Crippen LogP contribution in [0.25, 0.3) is 0 Å². The SMILES string of the molecule is CNCCCN(C)C(=O)CCC(C)O. The van der Waals surface area contributed by atoms with Crippen molar-refractivity contribution in [2.75, 3.05) is 27.2 Å². The molecule has 2 N–H and O–H groups in total. The zero-order valence-corrected chi connectivity index (χ0v) is 9.42. The Bertz CT molecular complexity index is 160. The maximum atomic E-state index is 11.4. The van der Waals surface area contributed by atoms with Crippen LogP contribution in [0.15, 0.2) is 0 Å². The van der Waals surface area contributed by atoms with Crippen LogP contribution in [0.3, 0.4) is 0 Å². The molecule has 14 heavy (non-hydrogen) atoms. The summed E-state index contributed by atoms with van der Waals surface area (Å²) >= 11 is 0. The number of hydrogen-bond acceptors (Lipinski definition) is 3. The molecule has 0 aromatic carbocycles. The molecule has 0 aromatic rings. The summed E-state index contributed by atoms with van der Waals surface area (Å²) in [6.45, 7) is 3.40. The monoisotopic (exact) mass is 202 g/mol. The van der Waals surface area contributed by atoms with Crippen LogP contribution < -0.4 is 5.32 Å². The zero-order valence-electron chi connectivity index (χ0n) is 9.42. The number of nitrogens with zero attached hydrogens (tertiary/aromatic N) is 1. The van der Waals surface area contributed by atoms with Crippen molar-refractivity contribution in [2.45, 2.75) is 32.3 Å². The second-order valence-electron chi connectivity index (χ2n) is 3.66. The van der Waals surface area contributed by atoms with Gasteiger partial charge in [-0.2, -0.15) is 0 Å². The molecule has 0 aromatic heterocycles. The van der Waals surface area contributed by atoms with Crippen LogP contribution in [0, 0.1) is 0 Å². The van der Waals surface area contributed by atoms with Gasteiger partial charge < -0.3 is 15.3 Å². The molecule has 0 aliphatic carbocycles. The van der Waals surface area contributed by atoms with Gasteiger partial charge in [0.05, 0.1) is 6.10 Å². The third kappa shape index (κ3) is 6.86. The lowest BCUT2D eigenvalue weighted by atomic mass is 10.2. The molecular formula is C10H22N2O2. The van der Waals surface area contributed by atoms with Gasteiger partial charge in [-0.15, -0.1) is 0 Å². The number of hydrogen-bond donors (Lipinski definition) is 2. The second kappa shape index (κ2) is 7.76. The van der Waals surface area contributed by atoms with E-state index in [1.54, 1.807) is 18.9 Å². The van der Waals surface area contributed by atoms with Gasteiger partial charge in [0.25, 0.3) is 0 Å². The average molecular weight is 202 g/mol. The molecule has 1 unspecified atom stereocenters. The van der Waals surface area contributed by atoms with Crippen molar-refractivity contribution in [3.05, 3.63) is 0 Å². The Kier molecular flexibility index (Phi) is 7.42. The number of carbonyl (C=O) groups excluding carboxylic acids is 1. The standard InChI is InChI=1S/C10H22N2O2/c1-9(13)5-6-10(14)12(3)8-4-7-11-2/h9,11,13H,4-8H2,1-3H3. The number of amides is 1. The number of carbonyl (C=O) groups is 1. The molecule has 0 radical (unpaired) electrons. The van der Waals surface area contributed by atoms with Crippen LogP contribution in [0.1, 0.15) is 26.2 Å². The van der Waals surface area contributed by atoms with Crippen LogP contribution in [0.4, 0.5) is 0 Å². The first-order chi connectivity index (χ1) is 6.57. The van der Waals surface area contributed by atoms with Gasteiger partial charge in [0, 0.05) is 20.0 Å². The van der Waals surface area contributed by atoms with Crippen LogP contribution >= 0.6 is 0 Å². The predicted octanol–water partition coefficient (Wildman–Crippen LogP) is 0.215. The summed E-state index contributed by atoms with van der Waals surface area (Å²) in [6.07, 6.45) is 1.57. The topological polar surface area (TPSA) is 52.6 Å². The van der Waals surface area contributed by atoms with Crippen molar-refractivity contribution in [1.82, 2.24) is 10.2 Å². The highest BCUT2D eigenvalue weighted by atomic mass is 16.3. The number of rotatable bonds is 7. The first-order valence-electron chi connectivity index (χ1n) is 5.14. The fraction of sp³-hybridized carbons (Fsp3) is 0.900. The lowest BCUT2D eigenvalue weighted by molar-refractivity contribution is -0.130. The highest BCUT2D eigenvalue weighted by Gasteiger charge is 2.08. The molecule has 0 heterocycles. The summed E-state index contributed by atoms with van der Waals surface area (Å²) in [5.74, 6) is 0.113. The van der Waals surface area contributed by atoms with E-state index in [1.165, 1.54) is 0 Å². The highest BCUT2D eigenvalue weighted by molar-refractivity contribution is 5.75. The minimum Gasteiger partial charge on any atom is -0.393 e. The van der Waals surface area contributed by atoms with E-state index in [9.17, 15) is 4.79 Å². The van der Waals surface area contributed by atoms with Gasteiger partial charge in [0.1, 0.15) is 0 Å². The van der Waals surface area contributed by atoms with E-state index in [-0.39, 0.29) is 12.0 Å². The summed E-state index contributed by atoms with van der Waals surface area (Å²) < 4.78 is 0. The van der Waals surface area contributed by atoms with Gasteiger partial charge in [-0.05, 0) is 33.4 Å².